The molecule has 0 unspecified atom stereocenters. The Morgan fingerprint density at radius 3 is 2.54 bits per heavy atom. The second kappa shape index (κ2) is 9.95. The number of halogens is 1. The Labute approximate surface area is 170 Å². The van der Waals surface area contributed by atoms with E-state index >= 15 is 0 Å². The molecule has 0 atom stereocenters. The van der Waals surface area contributed by atoms with E-state index in [2.05, 4.69) is 50.1 Å². The zero-order valence-electron chi connectivity index (χ0n) is 15.0. The van der Waals surface area contributed by atoms with Crippen molar-refractivity contribution in [3.8, 4) is 5.69 Å². The van der Waals surface area contributed by atoms with Gasteiger partial charge in [0.2, 0.25) is 0 Å². The molecule has 0 saturated carbocycles. The van der Waals surface area contributed by atoms with Crippen LogP contribution in [0.25, 0.3) is 5.69 Å². The lowest BCUT2D eigenvalue weighted by atomic mass is 10.1. The van der Waals surface area contributed by atoms with E-state index in [4.69, 9.17) is 0 Å². The minimum absolute atomic E-state index is 0. The Kier molecular flexibility index (Phi) is 7.64. The molecule has 0 bridgehead atoms. The number of hydrogen-bond acceptors (Lipinski definition) is 3. The zero-order chi connectivity index (χ0) is 17.5. The third kappa shape index (κ3) is 5.58. The second-order valence-electron chi connectivity index (χ2n) is 5.74. The van der Waals surface area contributed by atoms with E-state index < -0.39 is 0 Å². The van der Waals surface area contributed by atoms with E-state index in [0.29, 0.717) is 6.54 Å². The molecule has 0 spiro atoms. The fourth-order valence-corrected chi connectivity index (χ4v) is 2.53. The Morgan fingerprint density at radius 2 is 1.92 bits per heavy atom. The predicted octanol–water partition coefficient (Wildman–Crippen LogP) is 2.13. The number of nitrogens with one attached hydrogen (secondary N) is 2. The summed E-state index contributed by atoms with van der Waals surface area (Å²) in [6.07, 6.45) is 8.48. The van der Waals surface area contributed by atoms with Crippen LogP contribution in [0.5, 0.6) is 0 Å². The molecule has 26 heavy (non-hydrogen) atoms. The molecule has 0 saturated heterocycles. The Morgan fingerprint density at radius 1 is 1.12 bits per heavy atom. The average molecular weight is 465 g/mol. The molecular weight excluding hydrogens is 441 g/mol. The van der Waals surface area contributed by atoms with Crippen molar-refractivity contribution in [1.29, 1.82) is 0 Å². The molecule has 0 aliphatic carbocycles. The maximum absolute atomic E-state index is 4.24. The van der Waals surface area contributed by atoms with Crippen LogP contribution >= 0.6 is 24.0 Å². The van der Waals surface area contributed by atoms with Gasteiger partial charge in [0, 0.05) is 51.3 Å². The highest BCUT2D eigenvalue weighted by molar-refractivity contribution is 14.0. The topological polar surface area (TPSA) is 72.1 Å². The van der Waals surface area contributed by atoms with Crippen LogP contribution in [-0.4, -0.2) is 39.1 Å². The molecule has 0 aliphatic rings. The number of guanidine groups is 1. The highest BCUT2D eigenvalue weighted by Gasteiger charge is 2.01. The highest BCUT2D eigenvalue weighted by atomic mass is 127. The number of hydrogen-bond donors (Lipinski definition) is 2. The lowest BCUT2D eigenvalue weighted by molar-refractivity contribution is 0.764. The number of aliphatic imine (C=N–C) groups is 1. The predicted molar refractivity (Wildman–Crippen MR) is 114 cm³/mol. The van der Waals surface area contributed by atoms with E-state index in [0.717, 1.165) is 30.2 Å². The van der Waals surface area contributed by atoms with Crippen LogP contribution in [0, 0.1) is 0 Å². The monoisotopic (exact) mass is 465 g/mol. The van der Waals surface area contributed by atoms with E-state index in [1.807, 2.05) is 36.4 Å². The van der Waals surface area contributed by atoms with Gasteiger partial charge >= 0.3 is 0 Å². The van der Waals surface area contributed by atoms with Crippen molar-refractivity contribution in [1.82, 2.24) is 30.2 Å². The molecule has 0 aliphatic heterocycles. The largest absolute Gasteiger partial charge is 0.356 e. The van der Waals surface area contributed by atoms with Crippen LogP contribution in [0.2, 0.25) is 0 Å². The average Bonchev–Trinajstić information content (AvgIpc) is 3.30. The normalized spacial score (nSPS) is 11.1. The molecule has 3 aromatic rings. The Hall–Kier alpha value is -2.36. The van der Waals surface area contributed by atoms with Gasteiger partial charge < -0.3 is 10.6 Å². The molecule has 2 aromatic heterocycles. The third-order valence-corrected chi connectivity index (χ3v) is 3.85. The van der Waals surface area contributed by atoms with E-state index in [1.54, 1.807) is 17.9 Å². The van der Waals surface area contributed by atoms with E-state index in [9.17, 15) is 0 Å². The summed E-state index contributed by atoms with van der Waals surface area (Å²) in [5.41, 5.74) is 3.46. The van der Waals surface area contributed by atoms with Gasteiger partial charge in [-0.1, -0.05) is 12.1 Å². The SMILES string of the molecule is CN=C(NCCc1ccc(-n2cccn2)cc1)NCc1cnn(C)c1.I. The summed E-state index contributed by atoms with van der Waals surface area (Å²) >= 11 is 0. The number of rotatable bonds is 6. The van der Waals surface area contributed by atoms with Gasteiger partial charge in [-0.2, -0.15) is 10.2 Å². The van der Waals surface area contributed by atoms with Crippen molar-refractivity contribution >= 4 is 29.9 Å². The van der Waals surface area contributed by atoms with Crippen LogP contribution < -0.4 is 10.6 Å². The van der Waals surface area contributed by atoms with Gasteiger partial charge in [-0.15, -0.1) is 24.0 Å². The highest BCUT2D eigenvalue weighted by Crippen LogP contribution is 2.08. The summed E-state index contributed by atoms with van der Waals surface area (Å²) in [7, 11) is 3.69. The van der Waals surface area contributed by atoms with Gasteiger partial charge in [-0.25, -0.2) is 4.68 Å². The summed E-state index contributed by atoms with van der Waals surface area (Å²) in [6.45, 7) is 1.51. The van der Waals surface area contributed by atoms with Gasteiger partial charge in [-0.05, 0) is 30.2 Å². The summed E-state index contributed by atoms with van der Waals surface area (Å²) < 4.78 is 3.65. The minimum atomic E-state index is 0. The van der Waals surface area contributed by atoms with Crippen molar-refractivity contribution < 1.29 is 0 Å². The first-order chi connectivity index (χ1) is 12.2. The van der Waals surface area contributed by atoms with E-state index in [-0.39, 0.29) is 24.0 Å². The van der Waals surface area contributed by atoms with Crippen LogP contribution in [0.4, 0.5) is 0 Å². The number of benzene rings is 1. The first-order valence-corrected chi connectivity index (χ1v) is 8.25. The number of aromatic nitrogens is 4. The quantitative estimate of drug-likeness (QED) is 0.333. The molecule has 0 radical (unpaired) electrons. The van der Waals surface area contributed by atoms with Crippen molar-refractivity contribution in [2.75, 3.05) is 13.6 Å². The molecule has 0 fully saturated rings. The molecule has 8 heteroatoms. The number of aryl methyl sites for hydroxylation is 1. The lowest BCUT2D eigenvalue weighted by Gasteiger charge is -2.11. The minimum Gasteiger partial charge on any atom is -0.356 e. The Bertz CT molecular complexity index is 806. The third-order valence-electron chi connectivity index (χ3n) is 3.85. The molecule has 3 rings (SSSR count). The smallest absolute Gasteiger partial charge is 0.191 e. The van der Waals surface area contributed by atoms with Gasteiger partial charge in [0.05, 0.1) is 11.9 Å². The standard InChI is InChI=1S/C18H23N7.HI/c1-19-18(21-12-16-13-23-24(2)14-16)20-10-8-15-4-6-17(7-5-15)25-11-3-9-22-25;/h3-7,9,11,13-14H,8,10,12H2,1-2H3,(H2,19,20,21);1H. The van der Waals surface area contributed by atoms with Crippen LogP contribution in [0.1, 0.15) is 11.1 Å². The fourth-order valence-electron chi connectivity index (χ4n) is 2.53. The second-order valence-corrected chi connectivity index (χ2v) is 5.74. The van der Waals surface area contributed by atoms with Crippen molar-refractivity contribution in [3.63, 3.8) is 0 Å². The summed E-state index contributed by atoms with van der Waals surface area (Å²) in [4.78, 5) is 4.24. The van der Waals surface area contributed by atoms with Crippen LogP contribution in [-0.2, 0) is 20.0 Å². The van der Waals surface area contributed by atoms with Crippen LogP contribution in [0.3, 0.4) is 0 Å². The fraction of sp³-hybridized carbons (Fsp3) is 0.278. The molecular formula is C18H24IN7. The summed E-state index contributed by atoms with van der Waals surface area (Å²) in [5, 5.41) is 15.0. The van der Waals surface area contributed by atoms with Gasteiger partial charge in [-0.3, -0.25) is 9.67 Å². The molecule has 1 aromatic carbocycles. The summed E-state index contributed by atoms with van der Waals surface area (Å²) in [6, 6.07) is 10.3. The molecule has 2 heterocycles. The lowest BCUT2D eigenvalue weighted by Crippen LogP contribution is -2.37. The van der Waals surface area contributed by atoms with E-state index in [1.165, 1.54) is 5.56 Å². The Balaban J connectivity index is 0.00000243. The summed E-state index contributed by atoms with van der Waals surface area (Å²) in [5.74, 6) is 0.789. The first kappa shape index (κ1) is 20.0. The zero-order valence-corrected chi connectivity index (χ0v) is 17.3. The van der Waals surface area contributed by atoms with Gasteiger partial charge in [0.1, 0.15) is 0 Å². The molecule has 7 nitrogen and oxygen atoms in total. The number of nitrogens with zero attached hydrogens (tertiary/aromatic N) is 5. The molecule has 0 amide bonds. The first-order valence-electron chi connectivity index (χ1n) is 8.25. The van der Waals surface area contributed by atoms with Crippen molar-refractivity contribution in [3.05, 3.63) is 66.2 Å². The van der Waals surface area contributed by atoms with Gasteiger partial charge in [0.15, 0.2) is 5.96 Å². The molecule has 2 N–H and O–H groups in total. The van der Waals surface area contributed by atoms with Crippen LogP contribution in [0.15, 0.2) is 60.1 Å². The van der Waals surface area contributed by atoms with Crippen molar-refractivity contribution in [2.24, 2.45) is 12.0 Å². The molecule has 138 valence electrons. The maximum atomic E-state index is 4.24. The maximum Gasteiger partial charge on any atom is 0.191 e. The van der Waals surface area contributed by atoms with Crippen molar-refractivity contribution in [2.45, 2.75) is 13.0 Å². The van der Waals surface area contributed by atoms with Gasteiger partial charge in [0.25, 0.3) is 0 Å².